The van der Waals surface area contributed by atoms with E-state index in [0.29, 0.717) is 17.5 Å². The minimum absolute atomic E-state index is 0.621. The second kappa shape index (κ2) is 14.3. The smallest absolute Gasteiger partial charge is 0.164 e. The molecule has 14 rings (SSSR count). The number of fused-ring (bicyclic) bond motifs is 12. The third-order valence-electron chi connectivity index (χ3n) is 13.5. The van der Waals surface area contributed by atoms with E-state index < -0.39 is 0 Å². The predicted molar refractivity (Wildman–Crippen MR) is 275 cm³/mol. The summed E-state index contributed by atoms with van der Waals surface area (Å²) in [4.78, 5) is 15.4. The summed E-state index contributed by atoms with van der Waals surface area (Å²) < 4.78 is 4.81. The van der Waals surface area contributed by atoms with E-state index in [0.717, 1.165) is 44.5 Å². The maximum atomic E-state index is 5.21. The molecule has 5 nitrogen and oxygen atoms in total. The molecule has 0 spiro atoms. The second-order valence-electron chi connectivity index (χ2n) is 17.2. The van der Waals surface area contributed by atoms with Gasteiger partial charge in [-0.2, -0.15) is 0 Å². The van der Waals surface area contributed by atoms with E-state index in [4.69, 9.17) is 15.0 Å². The summed E-state index contributed by atoms with van der Waals surface area (Å²) in [5.41, 5.74) is 9.66. The van der Waals surface area contributed by atoms with Gasteiger partial charge in [-0.05, 0) is 104 Å². The first-order valence-electron chi connectivity index (χ1n) is 22.4. The monoisotopic (exact) mass is 839 g/mol. The van der Waals surface area contributed by atoms with Crippen LogP contribution in [0.15, 0.2) is 224 Å². The molecular formula is C61H37N5. The molecule has 0 bridgehead atoms. The van der Waals surface area contributed by atoms with E-state index in [-0.39, 0.29) is 0 Å². The van der Waals surface area contributed by atoms with Crippen molar-refractivity contribution in [2.24, 2.45) is 0 Å². The molecule has 0 N–H and O–H groups in total. The maximum absolute atomic E-state index is 5.21. The molecule has 3 heterocycles. The van der Waals surface area contributed by atoms with E-state index in [2.05, 4.69) is 215 Å². The highest BCUT2D eigenvalue weighted by molar-refractivity contribution is 6.21. The summed E-state index contributed by atoms with van der Waals surface area (Å²) in [6.07, 6.45) is 0. The topological polar surface area (TPSA) is 48.5 Å². The van der Waals surface area contributed by atoms with Crippen molar-refractivity contribution in [3.63, 3.8) is 0 Å². The van der Waals surface area contributed by atoms with Gasteiger partial charge in [-0.15, -0.1) is 0 Å². The molecule has 0 unspecified atom stereocenters. The van der Waals surface area contributed by atoms with Crippen molar-refractivity contribution in [2.45, 2.75) is 0 Å². The van der Waals surface area contributed by atoms with Gasteiger partial charge < -0.3 is 9.13 Å². The third-order valence-corrected chi connectivity index (χ3v) is 13.5. The average molecular weight is 840 g/mol. The molecule has 0 amide bonds. The van der Waals surface area contributed by atoms with Crippen LogP contribution in [0.2, 0.25) is 0 Å². The molecule has 0 aliphatic carbocycles. The predicted octanol–water partition coefficient (Wildman–Crippen LogP) is 15.7. The molecule has 11 aromatic carbocycles. The zero-order valence-electron chi connectivity index (χ0n) is 35.6. The molecule has 0 fully saturated rings. The van der Waals surface area contributed by atoms with E-state index in [1.807, 2.05) is 18.2 Å². The first-order chi connectivity index (χ1) is 32.7. The van der Waals surface area contributed by atoms with Gasteiger partial charge in [0.1, 0.15) is 0 Å². The third kappa shape index (κ3) is 5.63. The number of nitrogens with zero attached hydrogens (tertiary/aromatic N) is 5. The molecule has 0 radical (unpaired) electrons. The van der Waals surface area contributed by atoms with Crippen LogP contribution in [0.1, 0.15) is 0 Å². The Hall–Kier alpha value is -8.93. The summed E-state index contributed by atoms with van der Waals surface area (Å²) in [5.74, 6) is 1.89. The van der Waals surface area contributed by atoms with Crippen LogP contribution in [0, 0.1) is 0 Å². The van der Waals surface area contributed by atoms with Crippen molar-refractivity contribution in [1.82, 2.24) is 24.1 Å². The van der Waals surface area contributed by atoms with Crippen molar-refractivity contribution in [2.75, 3.05) is 0 Å². The standard InChI is InChI=1S/C61H37N5/c1-2-15-40(16-3-1)59-62-60(64-61(63-59)44-28-31-49-42(33-44)26-25-38-13-4-6-19-48(38)49)43-17-12-18-46(34-43)66-54-23-10-8-21-51(54)53-36-45-35-47(30-27-41(45)37-57(53)66)65-55-24-11-9-22-52(55)58-50-20-7-5-14-39(50)29-32-56(58)65/h1-37H. The maximum Gasteiger partial charge on any atom is 0.164 e. The molecule has 0 aliphatic rings. The normalized spacial score (nSPS) is 11.9. The Morgan fingerprint density at radius 3 is 1.62 bits per heavy atom. The van der Waals surface area contributed by atoms with Gasteiger partial charge in [-0.1, -0.05) is 164 Å². The van der Waals surface area contributed by atoms with Crippen molar-refractivity contribution >= 4 is 86.7 Å². The lowest BCUT2D eigenvalue weighted by Gasteiger charge is -2.13. The van der Waals surface area contributed by atoms with Crippen molar-refractivity contribution in [1.29, 1.82) is 0 Å². The van der Waals surface area contributed by atoms with Crippen LogP contribution >= 0.6 is 0 Å². The molecule has 0 saturated heterocycles. The summed E-state index contributed by atoms with van der Waals surface area (Å²) in [5, 5.41) is 14.7. The van der Waals surface area contributed by atoms with Crippen LogP contribution < -0.4 is 0 Å². The van der Waals surface area contributed by atoms with Gasteiger partial charge in [0.25, 0.3) is 0 Å². The highest BCUT2D eigenvalue weighted by Gasteiger charge is 2.19. The summed E-state index contributed by atoms with van der Waals surface area (Å²) in [6.45, 7) is 0. The van der Waals surface area contributed by atoms with Crippen LogP contribution in [0.5, 0.6) is 0 Å². The molecule has 306 valence electrons. The first-order valence-corrected chi connectivity index (χ1v) is 22.4. The summed E-state index contributed by atoms with van der Waals surface area (Å²) >= 11 is 0. The number of rotatable bonds is 5. The number of aromatic nitrogens is 5. The zero-order valence-corrected chi connectivity index (χ0v) is 35.6. The van der Waals surface area contributed by atoms with Crippen LogP contribution in [-0.2, 0) is 0 Å². The van der Waals surface area contributed by atoms with Crippen LogP contribution in [0.4, 0.5) is 0 Å². The number of hydrogen-bond acceptors (Lipinski definition) is 3. The van der Waals surface area contributed by atoms with Gasteiger partial charge in [0.2, 0.25) is 0 Å². The lowest BCUT2D eigenvalue weighted by Crippen LogP contribution is -2.01. The molecule has 0 saturated carbocycles. The summed E-state index contributed by atoms with van der Waals surface area (Å²) in [6, 6.07) is 80.6. The van der Waals surface area contributed by atoms with Crippen molar-refractivity contribution < 1.29 is 0 Å². The van der Waals surface area contributed by atoms with Gasteiger partial charge in [-0.25, -0.2) is 15.0 Å². The van der Waals surface area contributed by atoms with E-state index in [1.54, 1.807) is 0 Å². The minimum atomic E-state index is 0.621. The van der Waals surface area contributed by atoms with Gasteiger partial charge in [0.15, 0.2) is 17.5 Å². The second-order valence-corrected chi connectivity index (χ2v) is 17.2. The number of benzene rings is 11. The van der Waals surface area contributed by atoms with E-state index >= 15 is 0 Å². The molecule has 5 heteroatoms. The first kappa shape index (κ1) is 36.5. The fraction of sp³-hybridized carbons (Fsp3) is 0. The van der Waals surface area contributed by atoms with E-state index in [1.165, 1.54) is 70.3 Å². The molecule has 66 heavy (non-hydrogen) atoms. The molecule has 0 atom stereocenters. The fourth-order valence-electron chi connectivity index (χ4n) is 10.4. The van der Waals surface area contributed by atoms with Crippen LogP contribution in [0.3, 0.4) is 0 Å². The molecule has 0 aliphatic heterocycles. The Balaban J connectivity index is 0.918. The SMILES string of the molecule is c1ccc(-c2nc(-c3cccc(-n4c5ccccc5c5cc6cc(-n7c8ccccc8c8c9ccccc9ccc87)ccc6cc54)c3)nc(-c3ccc4c(ccc5ccccc54)c3)n2)cc1. The number of para-hydroxylation sites is 2. The average Bonchev–Trinajstić information content (AvgIpc) is 3.90. The van der Waals surface area contributed by atoms with Gasteiger partial charge in [-0.3, -0.25) is 0 Å². The lowest BCUT2D eigenvalue weighted by atomic mass is 10.00. The Bertz CT molecular complexity index is 4290. The van der Waals surface area contributed by atoms with Crippen molar-refractivity contribution in [3.8, 4) is 45.5 Å². The highest BCUT2D eigenvalue weighted by atomic mass is 15.0. The van der Waals surface area contributed by atoms with Gasteiger partial charge in [0, 0.05) is 49.6 Å². The Morgan fingerprint density at radius 1 is 0.242 bits per heavy atom. The van der Waals surface area contributed by atoms with Crippen LogP contribution in [-0.4, -0.2) is 24.1 Å². The highest BCUT2D eigenvalue weighted by Crippen LogP contribution is 2.40. The van der Waals surface area contributed by atoms with Crippen LogP contribution in [0.25, 0.3) is 132 Å². The Morgan fingerprint density at radius 2 is 0.803 bits per heavy atom. The number of hydrogen-bond donors (Lipinski definition) is 0. The van der Waals surface area contributed by atoms with E-state index in [9.17, 15) is 0 Å². The van der Waals surface area contributed by atoms with Crippen molar-refractivity contribution in [3.05, 3.63) is 224 Å². The van der Waals surface area contributed by atoms with Gasteiger partial charge in [0.05, 0.1) is 22.1 Å². The molecule has 3 aromatic heterocycles. The largest absolute Gasteiger partial charge is 0.309 e. The zero-order chi connectivity index (χ0) is 43.3. The summed E-state index contributed by atoms with van der Waals surface area (Å²) in [7, 11) is 0. The Kier molecular flexibility index (Phi) is 7.91. The molecule has 14 aromatic rings. The minimum Gasteiger partial charge on any atom is -0.309 e. The fourth-order valence-corrected chi connectivity index (χ4v) is 10.4. The lowest BCUT2D eigenvalue weighted by molar-refractivity contribution is 1.07. The Labute approximate surface area is 379 Å². The quantitative estimate of drug-likeness (QED) is 0.162. The van der Waals surface area contributed by atoms with Gasteiger partial charge >= 0.3 is 0 Å². The molecular weight excluding hydrogens is 803 g/mol.